The third kappa shape index (κ3) is 3.91. The Balaban J connectivity index is 3.09. The molecule has 1 rings (SSSR count). The molecule has 0 saturated heterocycles. The van der Waals surface area contributed by atoms with Crippen molar-refractivity contribution in [2.45, 2.75) is 51.6 Å². The molecule has 1 aromatic carbocycles. The quantitative estimate of drug-likeness (QED) is 0.616. The molecule has 0 saturated carbocycles. The lowest BCUT2D eigenvalue weighted by Gasteiger charge is -2.18. The lowest BCUT2D eigenvalue weighted by atomic mass is 9.89. The molecule has 0 nitrogen and oxygen atoms in total. The van der Waals surface area contributed by atoms with E-state index in [1.165, 1.54) is 12.1 Å². The minimum atomic E-state index is -4.38. The summed E-state index contributed by atoms with van der Waals surface area (Å²) in [6.07, 6.45) is -0.626. The molecule has 1 aromatic rings. The first-order valence-electron chi connectivity index (χ1n) is 6.26. The second kappa shape index (κ2) is 6.46. The van der Waals surface area contributed by atoms with Crippen LogP contribution < -0.4 is 0 Å². The van der Waals surface area contributed by atoms with E-state index < -0.39 is 11.7 Å². The number of halogens is 4. The molecule has 102 valence electrons. The monoisotopic (exact) mass is 278 g/mol. The van der Waals surface area contributed by atoms with Crippen molar-refractivity contribution in [2.24, 2.45) is 0 Å². The maximum atomic E-state index is 12.8. The zero-order valence-electron chi connectivity index (χ0n) is 10.6. The van der Waals surface area contributed by atoms with Crippen LogP contribution in [0.15, 0.2) is 18.2 Å². The molecule has 0 aromatic heterocycles. The number of benzene rings is 1. The fourth-order valence-electron chi connectivity index (χ4n) is 2.19. The summed E-state index contributed by atoms with van der Waals surface area (Å²) in [4.78, 5) is 0. The molecule has 0 unspecified atom stereocenters. The van der Waals surface area contributed by atoms with E-state index in [0.29, 0.717) is 0 Å². The van der Waals surface area contributed by atoms with Crippen molar-refractivity contribution in [2.75, 3.05) is 0 Å². The average Bonchev–Trinajstić information content (AvgIpc) is 2.28. The Labute approximate surface area is 111 Å². The fourth-order valence-corrected chi connectivity index (χ4v) is 2.41. The Morgan fingerprint density at radius 2 is 1.67 bits per heavy atom. The molecule has 0 N–H and O–H groups in total. The Morgan fingerprint density at radius 1 is 1.11 bits per heavy atom. The van der Waals surface area contributed by atoms with Gasteiger partial charge in [-0.05, 0) is 36.5 Å². The molecule has 0 bridgehead atoms. The van der Waals surface area contributed by atoms with Crippen LogP contribution in [0.5, 0.6) is 0 Å². The zero-order valence-corrected chi connectivity index (χ0v) is 11.4. The highest BCUT2D eigenvalue weighted by molar-refractivity contribution is 6.31. The lowest BCUT2D eigenvalue weighted by molar-refractivity contribution is -0.137. The first-order chi connectivity index (χ1) is 8.40. The van der Waals surface area contributed by atoms with Gasteiger partial charge in [0.05, 0.1) is 10.6 Å². The van der Waals surface area contributed by atoms with E-state index in [1.807, 2.05) is 13.8 Å². The normalized spacial score (nSPS) is 12.2. The summed E-state index contributed by atoms with van der Waals surface area (Å²) in [6, 6.07) is 4.28. The highest BCUT2D eigenvalue weighted by Crippen LogP contribution is 2.37. The number of rotatable bonds is 5. The first kappa shape index (κ1) is 15.4. The van der Waals surface area contributed by atoms with E-state index in [1.54, 1.807) is 6.07 Å². The Morgan fingerprint density at radius 3 is 2.11 bits per heavy atom. The van der Waals surface area contributed by atoms with Gasteiger partial charge in [-0.1, -0.05) is 44.4 Å². The van der Waals surface area contributed by atoms with Crippen LogP contribution in [0.3, 0.4) is 0 Å². The van der Waals surface area contributed by atoms with Crippen molar-refractivity contribution in [3.05, 3.63) is 34.3 Å². The van der Waals surface area contributed by atoms with Gasteiger partial charge in [-0.2, -0.15) is 13.2 Å². The van der Waals surface area contributed by atoms with E-state index in [9.17, 15) is 13.2 Å². The molecule has 0 fully saturated rings. The summed E-state index contributed by atoms with van der Waals surface area (Å²) in [5.74, 6) is 0.193. The SMILES string of the molecule is CCCC(CCC)c1ccc(Cl)c(C(F)(F)F)c1. The number of alkyl halides is 3. The van der Waals surface area contributed by atoms with Crippen molar-refractivity contribution >= 4 is 11.6 Å². The summed E-state index contributed by atoms with van der Waals surface area (Å²) in [7, 11) is 0. The number of hydrogen-bond donors (Lipinski definition) is 0. The Bertz CT molecular complexity index is 379. The van der Waals surface area contributed by atoms with Gasteiger partial charge in [-0.15, -0.1) is 0 Å². The molecule has 0 heterocycles. The van der Waals surface area contributed by atoms with Crippen LogP contribution in [0.4, 0.5) is 13.2 Å². The van der Waals surface area contributed by atoms with Crippen LogP contribution in [-0.4, -0.2) is 0 Å². The zero-order chi connectivity index (χ0) is 13.8. The van der Waals surface area contributed by atoms with Crippen molar-refractivity contribution < 1.29 is 13.2 Å². The van der Waals surface area contributed by atoms with Gasteiger partial charge in [0.25, 0.3) is 0 Å². The van der Waals surface area contributed by atoms with E-state index in [2.05, 4.69) is 0 Å². The lowest BCUT2D eigenvalue weighted by Crippen LogP contribution is -2.08. The smallest absolute Gasteiger partial charge is 0.166 e. The largest absolute Gasteiger partial charge is 0.417 e. The maximum absolute atomic E-state index is 12.8. The van der Waals surface area contributed by atoms with E-state index in [-0.39, 0.29) is 10.9 Å². The highest BCUT2D eigenvalue weighted by atomic mass is 35.5. The summed E-state index contributed by atoms with van der Waals surface area (Å²) in [5, 5.41) is -0.224. The van der Waals surface area contributed by atoms with Gasteiger partial charge < -0.3 is 0 Å². The van der Waals surface area contributed by atoms with Gasteiger partial charge in [0.15, 0.2) is 0 Å². The van der Waals surface area contributed by atoms with Crippen molar-refractivity contribution in [1.82, 2.24) is 0 Å². The van der Waals surface area contributed by atoms with Gasteiger partial charge in [0.1, 0.15) is 0 Å². The summed E-state index contributed by atoms with van der Waals surface area (Å²) < 4.78 is 38.3. The molecule has 0 radical (unpaired) electrons. The van der Waals surface area contributed by atoms with Crippen LogP contribution in [0, 0.1) is 0 Å². The van der Waals surface area contributed by atoms with Crippen molar-refractivity contribution in [3.8, 4) is 0 Å². The van der Waals surface area contributed by atoms with E-state index in [0.717, 1.165) is 31.2 Å². The summed E-state index contributed by atoms with van der Waals surface area (Å²) in [6.45, 7) is 4.09. The summed E-state index contributed by atoms with van der Waals surface area (Å²) >= 11 is 5.62. The fraction of sp³-hybridized carbons (Fsp3) is 0.571. The third-order valence-electron chi connectivity index (χ3n) is 3.04. The van der Waals surface area contributed by atoms with Gasteiger partial charge >= 0.3 is 6.18 Å². The average molecular weight is 279 g/mol. The molecule has 0 aliphatic heterocycles. The Hall–Kier alpha value is -0.700. The molecular formula is C14H18ClF3. The van der Waals surface area contributed by atoms with Crippen molar-refractivity contribution in [3.63, 3.8) is 0 Å². The summed E-state index contributed by atoms with van der Waals surface area (Å²) in [5.41, 5.74) is 0.0225. The van der Waals surface area contributed by atoms with E-state index >= 15 is 0 Å². The molecule has 0 aliphatic carbocycles. The minimum absolute atomic E-state index is 0.193. The third-order valence-corrected chi connectivity index (χ3v) is 3.37. The van der Waals surface area contributed by atoms with Gasteiger partial charge in [0.2, 0.25) is 0 Å². The molecule has 0 spiro atoms. The molecule has 4 heteroatoms. The van der Waals surface area contributed by atoms with Crippen LogP contribution >= 0.6 is 11.6 Å². The Kier molecular flexibility index (Phi) is 5.51. The van der Waals surface area contributed by atoms with Crippen molar-refractivity contribution in [1.29, 1.82) is 0 Å². The molecule has 18 heavy (non-hydrogen) atoms. The molecule has 0 aliphatic rings. The van der Waals surface area contributed by atoms with Crippen LogP contribution in [0.1, 0.15) is 56.6 Å². The topological polar surface area (TPSA) is 0 Å². The maximum Gasteiger partial charge on any atom is 0.417 e. The predicted molar refractivity (Wildman–Crippen MR) is 69.0 cm³/mol. The second-order valence-electron chi connectivity index (χ2n) is 4.51. The van der Waals surface area contributed by atoms with E-state index in [4.69, 9.17) is 11.6 Å². The number of hydrogen-bond acceptors (Lipinski definition) is 0. The first-order valence-corrected chi connectivity index (χ1v) is 6.64. The molecular weight excluding hydrogens is 261 g/mol. The minimum Gasteiger partial charge on any atom is -0.166 e. The van der Waals surface area contributed by atoms with Crippen LogP contribution in [0.2, 0.25) is 5.02 Å². The highest BCUT2D eigenvalue weighted by Gasteiger charge is 2.33. The molecule has 0 amide bonds. The molecule has 0 atom stereocenters. The van der Waals surface area contributed by atoms with Gasteiger partial charge in [-0.25, -0.2) is 0 Å². The van der Waals surface area contributed by atoms with Crippen LogP contribution in [0.25, 0.3) is 0 Å². The standard InChI is InChI=1S/C14H18ClF3/c1-3-5-10(6-4-2)11-7-8-13(15)12(9-11)14(16,17)18/h7-10H,3-6H2,1-2H3. The van der Waals surface area contributed by atoms with Crippen LogP contribution in [-0.2, 0) is 6.18 Å². The predicted octanol–water partition coefficient (Wildman–Crippen LogP) is 6.04. The van der Waals surface area contributed by atoms with Gasteiger partial charge in [0, 0.05) is 0 Å². The second-order valence-corrected chi connectivity index (χ2v) is 4.92. The van der Waals surface area contributed by atoms with Gasteiger partial charge in [-0.3, -0.25) is 0 Å².